The summed E-state index contributed by atoms with van der Waals surface area (Å²) in [4.78, 5) is 27.4. The predicted octanol–water partition coefficient (Wildman–Crippen LogP) is 1.24. The van der Waals surface area contributed by atoms with Gasteiger partial charge in [0, 0.05) is 19.6 Å². The average molecular weight is 283 g/mol. The zero-order valence-corrected chi connectivity index (χ0v) is 13.2. The van der Waals surface area contributed by atoms with Crippen molar-refractivity contribution in [1.29, 1.82) is 0 Å². The number of amides is 2. The van der Waals surface area contributed by atoms with Gasteiger partial charge in [-0.25, -0.2) is 0 Å². The minimum Gasteiger partial charge on any atom is -0.355 e. The van der Waals surface area contributed by atoms with E-state index in [-0.39, 0.29) is 18.4 Å². The van der Waals surface area contributed by atoms with Crippen LogP contribution in [-0.2, 0) is 9.59 Å². The highest BCUT2D eigenvalue weighted by molar-refractivity contribution is 5.85. The fourth-order valence-electron chi connectivity index (χ4n) is 2.61. The Bertz CT molecular complexity index is 314. The lowest BCUT2D eigenvalue weighted by atomic mass is 9.94. The Hall–Kier alpha value is -1.10. The molecule has 0 atom stereocenters. The van der Waals surface area contributed by atoms with Crippen molar-refractivity contribution in [2.24, 2.45) is 0 Å². The van der Waals surface area contributed by atoms with Crippen LogP contribution in [0.2, 0.25) is 0 Å². The first kappa shape index (κ1) is 17.0. The fourth-order valence-corrected chi connectivity index (χ4v) is 2.61. The molecule has 0 bridgehead atoms. The maximum atomic E-state index is 12.1. The first-order valence-electron chi connectivity index (χ1n) is 7.75. The molecule has 2 amide bonds. The summed E-state index contributed by atoms with van der Waals surface area (Å²) in [6.45, 7) is 3.23. The van der Waals surface area contributed by atoms with Crippen LogP contribution in [0.5, 0.6) is 0 Å². The van der Waals surface area contributed by atoms with Gasteiger partial charge < -0.3 is 10.2 Å². The van der Waals surface area contributed by atoms with Crippen LogP contribution in [0.15, 0.2) is 0 Å². The molecule has 0 aromatic heterocycles. The van der Waals surface area contributed by atoms with Gasteiger partial charge in [-0.3, -0.25) is 14.5 Å². The van der Waals surface area contributed by atoms with Gasteiger partial charge in [0.25, 0.3) is 0 Å². The molecular weight excluding hydrogens is 254 g/mol. The van der Waals surface area contributed by atoms with Gasteiger partial charge in [-0.15, -0.1) is 0 Å². The topological polar surface area (TPSA) is 52.7 Å². The summed E-state index contributed by atoms with van der Waals surface area (Å²) in [6.07, 6.45) is 7.12. The molecule has 0 aliphatic heterocycles. The van der Waals surface area contributed by atoms with Gasteiger partial charge in [0.05, 0.1) is 13.1 Å². The van der Waals surface area contributed by atoms with E-state index in [1.807, 2.05) is 14.0 Å². The van der Waals surface area contributed by atoms with Crippen molar-refractivity contribution in [1.82, 2.24) is 15.1 Å². The van der Waals surface area contributed by atoms with Crippen molar-refractivity contribution in [3.63, 3.8) is 0 Å². The normalized spacial score (nSPS) is 16.2. The van der Waals surface area contributed by atoms with Crippen LogP contribution >= 0.6 is 0 Å². The number of rotatable bonds is 7. The first-order valence-corrected chi connectivity index (χ1v) is 7.75. The third-order valence-electron chi connectivity index (χ3n) is 3.96. The smallest absolute Gasteiger partial charge is 0.239 e. The quantitative estimate of drug-likeness (QED) is 0.765. The van der Waals surface area contributed by atoms with Crippen LogP contribution in [-0.4, -0.2) is 61.4 Å². The average Bonchev–Trinajstić information content (AvgIpc) is 2.45. The minimum absolute atomic E-state index is 0.0183. The molecule has 1 saturated carbocycles. The Morgan fingerprint density at radius 3 is 2.35 bits per heavy atom. The van der Waals surface area contributed by atoms with E-state index in [1.165, 1.54) is 37.0 Å². The van der Waals surface area contributed by atoms with E-state index in [0.29, 0.717) is 19.1 Å². The summed E-state index contributed by atoms with van der Waals surface area (Å²) in [5.74, 6) is -0.0623. The van der Waals surface area contributed by atoms with E-state index in [1.54, 1.807) is 7.05 Å². The van der Waals surface area contributed by atoms with Gasteiger partial charge in [0.1, 0.15) is 0 Å². The zero-order chi connectivity index (χ0) is 15.0. The molecule has 1 aliphatic rings. The molecule has 0 unspecified atom stereocenters. The lowest BCUT2D eigenvalue weighted by Gasteiger charge is -2.31. The van der Waals surface area contributed by atoms with Gasteiger partial charge in [0.2, 0.25) is 11.8 Å². The van der Waals surface area contributed by atoms with Crippen LogP contribution in [0, 0.1) is 0 Å². The summed E-state index contributed by atoms with van der Waals surface area (Å²) in [7, 11) is 3.71. The largest absolute Gasteiger partial charge is 0.355 e. The van der Waals surface area contributed by atoms with E-state index in [2.05, 4.69) is 10.2 Å². The van der Waals surface area contributed by atoms with Crippen molar-refractivity contribution in [3.8, 4) is 0 Å². The number of nitrogens with one attached hydrogen (secondary N) is 1. The van der Waals surface area contributed by atoms with Crippen molar-refractivity contribution in [3.05, 3.63) is 0 Å². The van der Waals surface area contributed by atoms with Crippen LogP contribution in [0.4, 0.5) is 0 Å². The molecule has 1 aliphatic carbocycles. The molecule has 20 heavy (non-hydrogen) atoms. The lowest BCUT2D eigenvalue weighted by Crippen LogP contribution is -2.45. The summed E-state index contributed by atoms with van der Waals surface area (Å²) in [5, 5.41) is 2.79. The Morgan fingerprint density at radius 1 is 1.10 bits per heavy atom. The molecule has 116 valence electrons. The molecule has 1 rings (SSSR count). The number of nitrogens with zero attached hydrogens (tertiary/aromatic N) is 2. The van der Waals surface area contributed by atoms with Gasteiger partial charge in [-0.05, 0) is 26.3 Å². The molecule has 5 nitrogen and oxygen atoms in total. The van der Waals surface area contributed by atoms with E-state index in [4.69, 9.17) is 0 Å². The molecule has 0 heterocycles. The van der Waals surface area contributed by atoms with E-state index < -0.39 is 0 Å². The summed E-state index contributed by atoms with van der Waals surface area (Å²) >= 11 is 0. The van der Waals surface area contributed by atoms with Gasteiger partial charge in [0.15, 0.2) is 0 Å². The molecular formula is C15H29N3O2. The molecule has 0 aromatic rings. The highest BCUT2D eigenvalue weighted by Crippen LogP contribution is 2.21. The predicted molar refractivity (Wildman–Crippen MR) is 80.4 cm³/mol. The molecule has 1 fully saturated rings. The van der Waals surface area contributed by atoms with Crippen LogP contribution in [0.3, 0.4) is 0 Å². The molecule has 0 aromatic carbocycles. The van der Waals surface area contributed by atoms with Crippen molar-refractivity contribution in [2.75, 3.05) is 33.7 Å². The minimum atomic E-state index is -0.0805. The Balaban J connectivity index is 2.31. The third-order valence-corrected chi connectivity index (χ3v) is 3.96. The summed E-state index contributed by atoms with van der Waals surface area (Å²) < 4.78 is 0. The van der Waals surface area contributed by atoms with Crippen LogP contribution in [0.25, 0.3) is 0 Å². The molecule has 0 saturated heterocycles. The number of carbonyl (C=O) groups excluding carboxylic acids is 2. The second-order valence-corrected chi connectivity index (χ2v) is 5.81. The van der Waals surface area contributed by atoms with Crippen molar-refractivity contribution in [2.45, 2.75) is 51.5 Å². The first-order chi connectivity index (χ1) is 9.54. The second kappa shape index (κ2) is 8.95. The molecule has 1 N–H and O–H groups in total. The summed E-state index contributed by atoms with van der Waals surface area (Å²) in [5.41, 5.74) is 0. The van der Waals surface area contributed by atoms with Crippen LogP contribution < -0.4 is 5.32 Å². The Kier molecular flexibility index (Phi) is 7.59. The van der Waals surface area contributed by atoms with Crippen molar-refractivity contribution >= 4 is 11.8 Å². The maximum absolute atomic E-state index is 12.1. The number of hydrogen-bond acceptors (Lipinski definition) is 3. The lowest BCUT2D eigenvalue weighted by molar-refractivity contribution is -0.135. The van der Waals surface area contributed by atoms with Crippen LogP contribution in [0.1, 0.15) is 45.4 Å². The van der Waals surface area contributed by atoms with Gasteiger partial charge >= 0.3 is 0 Å². The monoisotopic (exact) mass is 283 g/mol. The van der Waals surface area contributed by atoms with E-state index >= 15 is 0 Å². The summed E-state index contributed by atoms with van der Waals surface area (Å²) in [6, 6.07) is 0.523. The number of likely N-dealkylation sites (N-methyl/N-ethyl adjacent to an activating group) is 2. The van der Waals surface area contributed by atoms with Gasteiger partial charge in [-0.1, -0.05) is 26.2 Å². The fraction of sp³-hybridized carbons (Fsp3) is 0.867. The maximum Gasteiger partial charge on any atom is 0.239 e. The van der Waals surface area contributed by atoms with E-state index in [0.717, 1.165) is 6.42 Å². The molecule has 0 spiro atoms. The number of carbonyl (C=O) groups is 2. The third kappa shape index (κ3) is 5.90. The highest BCUT2D eigenvalue weighted by Gasteiger charge is 2.21. The SMILES string of the molecule is CCCNC(=O)CN(C)C(=O)CN(C)C1CCCCC1. The number of hydrogen-bond donors (Lipinski definition) is 1. The van der Waals surface area contributed by atoms with Gasteiger partial charge in [-0.2, -0.15) is 0 Å². The zero-order valence-electron chi connectivity index (χ0n) is 13.2. The van der Waals surface area contributed by atoms with E-state index in [9.17, 15) is 9.59 Å². The highest BCUT2D eigenvalue weighted by atomic mass is 16.2. The van der Waals surface area contributed by atoms with Crippen molar-refractivity contribution < 1.29 is 9.59 Å². The Morgan fingerprint density at radius 2 is 1.75 bits per heavy atom. The molecule has 5 heteroatoms. The second-order valence-electron chi connectivity index (χ2n) is 5.81. The molecule has 0 radical (unpaired) electrons. The Labute approximate surface area is 122 Å². The standard InChI is InChI=1S/C15H29N3O2/c1-4-10-16-14(19)11-18(3)15(20)12-17(2)13-8-6-5-7-9-13/h13H,4-12H2,1-3H3,(H,16,19).